The van der Waals surface area contributed by atoms with Crippen molar-refractivity contribution in [2.75, 3.05) is 35.5 Å². The van der Waals surface area contributed by atoms with Gasteiger partial charge >= 0.3 is 63.3 Å². The van der Waals surface area contributed by atoms with Gasteiger partial charge in [-0.05, 0) is 35.0 Å². The van der Waals surface area contributed by atoms with Crippen molar-refractivity contribution < 1.29 is 95.2 Å². The second-order valence-corrected chi connectivity index (χ2v) is 8.68. The van der Waals surface area contributed by atoms with Crippen LogP contribution >= 0.6 is 22.7 Å². The first-order chi connectivity index (χ1) is 15.8. The maximum Gasteiger partial charge on any atom is 1.00 e. The molecule has 2 aromatic heterocycles. The number of hydrogen-bond acceptors (Lipinski definition) is 10. The minimum Gasteiger partial charge on any atom is -0.870 e. The molecule has 4 aromatic rings. The van der Waals surface area contributed by atoms with Crippen molar-refractivity contribution in [3.63, 3.8) is 0 Å². The first-order valence-electron chi connectivity index (χ1n) is 9.47. The molecule has 0 unspecified atom stereocenters. The van der Waals surface area contributed by atoms with Crippen molar-refractivity contribution in [3.8, 4) is 23.0 Å². The summed E-state index contributed by atoms with van der Waals surface area (Å²) in [6.45, 7) is 0. The summed E-state index contributed by atoms with van der Waals surface area (Å²) in [6.07, 6.45) is 0. The van der Waals surface area contributed by atoms with E-state index in [1.807, 2.05) is 12.1 Å². The zero-order valence-corrected chi connectivity index (χ0v) is 24.8. The van der Waals surface area contributed by atoms with Crippen LogP contribution in [0.5, 0.6) is 23.0 Å². The number of rotatable bonds is 6. The van der Waals surface area contributed by atoms with Crippen molar-refractivity contribution in [2.24, 2.45) is 0 Å². The van der Waals surface area contributed by atoms with E-state index >= 15 is 0 Å². The Kier molecular flexibility index (Phi) is 12.4. The molecule has 9 nitrogen and oxygen atoms in total. The summed E-state index contributed by atoms with van der Waals surface area (Å²) < 4.78 is 27.2. The SMILES string of the molecule is COC(=O)c1cc2cc(OC)c(OC)cc2s1.COc1cc2cc(C(=O)O)sc2cc1OC.[K+].[OH-]. The van der Waals surface area contributed by atoms with Crippen LogP contribution in [0.2, 0.25) is 0 Å². The predicted octanol–water partition coefficient (Wildman–Crippen LogP) is 2.15. The van der Waals surface area contributed by atoms with E-state index in [-0.39, 0.29) is 62.8 Å². The van der Waals surface area contributed by atoms with Crippen LogP contribution in [-0.4, -0.2) is 58.1 Å². The predicted molar refractivity (Wildman–Crippen MR) is 130 cm³/mol. The molecule has 35 heavy (non-hydrogen) atoms. The van der Waals surface area contributed by atoms with Crippen LogP contribution in [0.1, 0.15) is 19.3 Å². The summed E-state index contributed by atoms with van der Waals surface area (Å²) in [7, 11) is 7.63. The van der Waals surface area contributed by atoms with Crippen LogP contribution in [0.4, 0.5) is 0 Å². The average Bonchev–Trinajstić information content (AvgIpc) is 3.45. The van der Waals surface area contributed by atoms with E-state index in [9.17, 15) is 9.59 Å². The first kappa shape index (κ1) is 31.1. The Labute approximate surface area is 252 Å². The number of fused-ring (bicyclic) bond motifs is 2. The summed E-state index contributed by atoms with van der Waals surface area (Å²) in [4.78, 5) is 23.1. The zero-order chi connectivity index (χ0) is 24.1. The molecule has 0 amide bonds. The number of benzene rings is 2. The van der Waals surface area contributed by atoms with Gasteiger partial charge in [-0.25, -0.2) is 9.59 Å². The molecule has 12 heteroatoms. The summed E-state index contributed by atoms with van der Waals surface area (Å²) in [5, 5.41) is 10.7. The van der Waals surface area contributed by atoms with Gasteiger partial charge in [0.2, 0.25) is 0 Å². The molecule has 2 N–H and O–H groups in total. The van der Waals surface area contributed by atoms with Crippen LogP contribution < -0.4 is 70.3 Å². The standard InChI is InChI=1S/C12H12O4S.C11H10O4S.K.H2O/c1-14-8-4-7-5-11(12(13)16-3)17-10(7)6-9(8)15-2;1-14-7-3-6-4-10(11(12)13)16-9(6)5-8(7)15-2;;/h4-6H,1-3H3;3-5H,1-2H3,(H,12,13);;1H2/q;;+1;/p-1. The molecule has 0 spiro atoms. The van der Waals surface area contributed by atoms with Crippen molar-refractivity contribution >= 4 is 54.8 Å². The topological polar surface area (TPSA) is 131 Å². The van der Waals surface area contributed by atoms with Crippen molar-refractivity contribution in [1.82, 2.24) is 0 Å². The van der Waals surface area contributed by atoms with Gasteiger partial charge < -0.3 is 34.3 Å². The molecular weight excluding hydrogens is 523 g/mol. The average molecular weight is 547 g/mol. The molecule has 0 bridgehead atoms. The van der Waals surface area contributed by atoms with Crippen molar-refractivity contribution in [1.29, 1.82) is 0 Å². The van der Waals surface area contributed by atoms with Gasteiger partial charge in [-0.3, -0.25) is 0 Å². The van der Waals surface area contributed by atoms with Gasteiger partial charge in [-0.15, -0.1) is 22.7 Å². The third-order valence-corrected chi connectivity index (χ3v) is 6.81. The van der Waals surface area contributed by atoms with Gasteiger partial charge in [0.05, 0.1) is 35.5 Å². The minimum absolute atomic E-state index is 0. The molecular formula is C23H23KO9S2. The maximum atomic E-state index is 11.4. The molecule has 0 radical (unpaired) electrons. The summed E-state index contributed by atoms with van der Waals surface area (Å²) in [5.41, 5.74) is 0. The third-order valence-electron chi connectivity index (χ3n) is 4.64. The number of carboxylic acids is 1. The Morgan fingerprint density at radius 1 is 0.657 bits per heavy atom. The Morgan fingerprint density at radius 3 is 1.40 bits per heavy atom. The number of aromatic carboxylic acids is 1. The monoisotopic (exact) mass is 546 g/mol. The zero-order valence-electron chi connectivity index (χ0n) is 20.0. The van der Waals surface area contributed by atoms with Crippen LogP contribution in [0.15, 0.2) is 36.4 Å². The number of carboxylic acid groups (broad SMARTS) is 1. The number of carbonyl (C=O) groups is 2. The third kappa shape index (κ3) is 7.08. The molecule has 0 saturated carbocycles. The van der Waals surface area contributed by atoms with Crippen molar-refractivity contribution in [3.05, 3.63) is 46.2 Å². The van der Waals surface area contributed by atoms with E-state index in [1.165, 1.54) is 29.8 Å². The van der Waals surface area contributed by atoms with E-state index in [1.54, 1.807) is 52.7 Å². The largest absolute Gasteiger partial charge is 1.00 e. The van der Waals surface area contributed by atoms with E-state index < -0.39 is 5.97 Å². The van der Waals surface area contributed by atoms with Crippen LogP contribution in [0, 0.1) is 0 Å². The van der Waals surface area contributed by atoms with Gasteiger partial charge in [-0.2, -0.15) is 0 Å². The summed E-state index contributed by atoms with van der Waals surface area (Å²) in [6, 6.07) is 10.7. The molecule has 0 aliphatic rings. The quantitative estimate of drug-likeness (QED) is 0.285. The Bertz CT molecular complexity index is 1230. The minimum atomic E-state index is -0.917. The second-order valence-electron chi connectivity index (χ2n) is 6.51. The summed E-state index contributed by atoms with van der Waals surface area (Å²) >= 11 is 2.59. The number of hydrogen-bond donors (Lipinski definition) is 1. The number of methoxy groups -OCH3 is 5. The van der Waals surface area contributed by atoms with Crippen LogP contribution in [0.3, 0.4) is 0 Å². The molecule has 0 saturated heterocycles. The van der Waals surface area contributed by atoms with Crippen LogP contribution in [0.25, 0.3) is 20.2 Å². The Hall–Kier alpha value is -1.90. The number of carbonyl (C=O) groups excluding carboxylic acids is 1. The molecule has 2 aromatic carbocycles. The maximum absolute atomic E-state index is 11.4. The van der Waals surface area contributed by atoms with E-state index in [4.69, 9.17) is 24.1 Å². The van der Waals surface area contributed by atoms with E-state index in [0.717, 1.165) is 20.2 Å². The molecule has 2 heterocycles. The fourth-order valence-corrected chi connectivity index (χ4v) is 4.94. The van der Waals surface area contributed by atoms with Gasteiger partial charge in [0.25, 0.3) is 0 Å². The molecule has 182 valence electrons. The first-order valence-corrected chi connectivity index (χ1v) is 11.1. The van der Waals surface area contributed by atoms with Crippen LogP contribution in [-0.2, 0) is 4.74 Å². The van der Waals surface area contributed by atoms with E-state index in [0.29, 0.717) is 32.8 Å². The van der Waals surface area contributed by atoms with E-state index in [2.05, 4.69) is 4.74 Å². The number of thiophene rings is 2. The second kappa shape index (κ2) is 14.0. The molecule has 0 aliphatic heterocycles. The Balaban J connectivity index is 0.000000332. The van der Waals surface area contributed by atoms with Gasteiger partial charge in [0.1, 0.15) is 9.75 Å². The fourth-order valence-electron chi connectivity index (χ4n) is 3.04. The normalized spacial score (nSPS) is 9.74. The molecule has 0 atom stereocenters. The molecule has 0 fully saturated rings. The smallest absolute Gasteiger partial charge is 0.870 e. The summed E-state index contributed by atoms with van der Waals surface area (Å²) in [5.74, 6) is 1.26. The fraction of sp³-hybridized carbons (Fsp3) is 0.217. The van der Waals surface area contributed by atoms with Gasteiger partial charge in [0.15, 0.2) is 23.0 Å². The molecule has 0 aliphatic carbocycles. The van der Waals surface area contributed by atoms with Gasteiger partial charge in [-0.1, -0.05) is 0 Å². The van der Waals surface area contributed by atoms with Crippen molar-refractivity contribution in [2.45, 2.75) is 0 Å². The number of esters is 1. The molecule has 4 rings (SSSR count). The number of ether oxygens (including phenoxy) is 5. The van der Waals surface area contributed by atoms with Gasteiger partial charge in [0, 0.05) is 21.5 Å². The Morgan fingerprint density at radius 2 is 1.03 bits per heavy atom.